The van der Waals surface area contributed by atoms with E-state index in [1.165, 1.54) is 11.1 Å². The Morgan fingerprint density at radius 1 is 1.60 bits per heavy atom. The van der Waals surface area contributed by atoms with Crippen LogP contribution in [0.5, 0.6) is 0 Å². The highest BCUT2D eigenvalue weighted by atomic mass is 14.8. The lowest BCUT2D eigenvalue weighted by Crippen LogP contribution is -2.06. The molecule has 10 heavy (non-hydrogen) atoms. The minimum Gasteiger partial charge on any atom is -0.316 e. The van der Waals surface area contributed by atoms with Gasteiger partial charge in [-0.3, -0.25) is 0 Å². The van der Waals surface area contributed by atoms with Crippen molar-refractivity contribution < 1.29 is 0 Å². The molecule has 0 aliphatic heterocycles. The Bertz CT molecular complexity index is 206. The molecule has 1 radical (unpaired) electrons. The monoisotopic (exact) mass is 134 g/mol. The molecule has 0 atom stereocenters. The van der Waals surface area contributed by atoms with Crippen molar-refractivity contribution in [2.24, 2.45) is 0 Å². The van der Waals surface area contributed by atoms with Gasteiger partial charge < -0.3 is 5.32 Å². The third kappa shape index (κ3) is 1.58. The third-order valence-electron chi connectivity index (χ3n) is 1.54. The molecule has 1 heteroatoms. The fourth-order valence-electron chi connectivity index (χ4n) is 0.937. The topological polar surface area (TPSA) is 12.0 Å². The van der Waals surface area contributed by atoms with Crippen LogP contribution in [0.15, 0.2) is 18.2 Å². The summed E-state index contributed by atoms with van der Waals surface area (Å²) in [6, 6.07) is 9.21. The minimum atomic E-state index is 0.934. The van der Waals surface area contributed by atoms with Crippen molar-refractivity contribution in [1.82, 2.24) is 5.32 Å². The summed E-state index contributed by atoms with van der Waals surface area (Å²) in [5.41, 5.74) is 2.56. The summed E-state index contributed by atoms with van der Waals surface area (Å²) < 4.78 is 0. The van der Waals surface area contributed by atoms with Crippen molar-refractivity contribution in [1.29, 1.82) is 0 Å². The lowest BCUT2D eigenvalue weighted by atomic mass is 10.1. The predicted molar refractivity (Wildman–Crippen MR) is 42.8 cm³/mol. The van der Waals surface area contributed by atoms with Gasteiger partial charge in [-0.25, -0.2) is 0 Å². The number of aryl methyl sites for hydroxylation is 1. The first kappa shape index (κ1) is 7.29. The van der Waals surface area contributed by atoms with Crippen molar-refractivity contribution in [2.75, 3.05) is 7.05 Å². The molecule has 0 aliphatic rings. The first-order chi connectivity index (χ1) is 4.84. The number of rotatable bonds is 2. The predicted octanol–water partition coefficient (Wildman–Crippen LogP) is 1.51. The molecule has 1 aromatic rings. The van der Waals surface area contributed by atoms with Crippen LogP contribution in [-0.2, 0) is 6.54 Å². The molecular formula is C9H12N. The molecule has 0 spiro atoms. The highest BCUT2D eigenvalue weighted by Crippen LogP contribution is 2.04. The van der Waals surface area contributed by atoms with Crippen LogP contribution in [0.3, 0.4) is 0 Å². The number of hydrogen-bond acceptors (Lipinski definition) is 1. The maximum Gasteiger partial charge on any atom is 0.0205 e. The van der Waals surface area contributed by atoms with E-state index in [9.17, 15) is 0 Å². The second-order valence-electron chi connectivity index (χ2n) is 2.35. The van der Waals surface area contributed by atoms with Crippen LogP contribution in [0.1, 0.15) is 11.1 Å². The fourth-order valence-corrected chi connectivity index (χ4v) is 0.937. The Labute approximate surface area is 62.1 Å². The summed E-state index contributed by atoms with van der Waals surface area (Å²) in [6.45, 7) is 3.01. The zero-order chi connectivity index (χ0) is 7.40. The average Bonchev–Trinajstić information content (AvgIpc) is 1.94. The number of nitrogens with one attached hydrogen (secondary N) is 1. The first-order valence-electron chi connectivity index (χ1n) is 3.45. The molecule has 1 rings (SSSR count). The first-order valence-corrected chi connectivity index (χ1v) is 3.45. The minimum absolute atomic E-state index is 0.934. The van der Waals surface area contributed by atoms with E-state index in [1.807, 2.05) is 19.2 Å². The second-order valence-corrected chi connectivity index (χ2v) is 2.35. The lowest BCUT2D eigenvalue weighted by molar-refractivity contribution is 0.812. The molecule has 1 aromatic carbocycles. The van der Waals surface area contributed by atoms with E-state index in [2.05, 4.69) is 24.4 Å². The molecule has 0 saturated carbocycles. The molecule has 0 aliphatic carbocycles. The Kier molecular flexibility index (Phi) is 2.46. The second kappa shape index (κ2) is 3.37. The summed E-state index contributed by atoms with van der Waals surface area (Å²) in [6.07, 6.45) is 0. The molecule has 0 heterocycles. The van der Waals surface area contributed by atoms with Crippen LogP contribution in [-0.4, -0.2) is 7.05 Å². The molecule has 0 amide bonds. The van der Waals surface area contributed by atoms with Gasteiger partial charge in [0.15, 0.2) is 0 Å². The molecule has 0 bridgehead atoms. The highest BCUT2D eigenvalue weighted by molar-refractivity contribution is 5.23. The van der Waals surface area contributed by atoms with Crippen LogP contribution >= 0.6 is 0 Å². The largest absolute Gasteiger partial charge is 0.316 e. The van der Waals surface area contributed by atoms with E-state index in [4.69, 9.17) is 0 Å². The maximum absolute atomic E-state index is 3.14. The van der Waals surface area contributed by atoms with Crippen LogP contribution in [0.4, 0.5) is 0 Å². The van der Waals surface area contributed by atoms with E-state index in [0.717, 1.165) is 6.54 Å². The summed E-state index contributed by atoms with van der Waals surface area (Å²) >= 11 is 0. The van der Waals surface area contributed by atoms with E-state index in [0.29, 0.717) is 0 Å². The van der Waals surface area contributed by atoms with Gasteiger partial charge in [0.1, 0.15) is 0 Å². The average molecular weight is 134 g/mol. The van der Waals surface area contributed by atoms with Gasteiger partial charge >= 0.3 is 0 Å². The lowest BCUT2D eigenvalue weighted by Gasteiger charge is -2.01. The van der Waals surface area contributed by atoms with Gasteiger partial charge in [0.05, 0.1) is 0 Å². The van der Waals surface area contributed by atoms with Crippen molar-refractivity contribution in [2.45, 2.75) is 13.5 Å². The molecule has 53 valence electrons. The molecule has 1 nitrogen and oxygen atoms in total. The Hall–Kier alpha value is -0.820. The van der Waals surface area contributed by atoms with E-state index in [-0.39, 0.29) is 0 Å². The molecule has 0 saturated heterocycles. The summed E-state index contributed by atoms with van der Waals surface area (Å²) in [4.78, 5) is 0. The third-order valence-corrected chi connectivity index (χ3v) is 1.54. The smallest absolute Gasteiger partial charge is 0.0205 e. The quantitative estimate of drug-likeness (QED) is 0.646. The normalized spacial score (nSPS) is 9.80. The molecule has 0 fully saturated rings. The summed E-state index contributed by atoms with van der Waals surface area (Å²) in [7, 11) is 1.95. The van der Waals surface area contributed by atoms with Crippen LogP contribution in [0.2, 0.25) is 0 Å². The van der Waals surface area contributed by atoms with Gasteiger partial charge in [0.2, 0.25) is 0 Å². The Morgan fingerprint density at radius 3 is 3.00 bits per heavy atom. The van der Waals surface area contributed by atoms with Crippen LogP contribution in [0.25, 0.3) is 0 Å². The van der Waals surface area contributed by atoms with Gasteiger partial charge in [-0.2, -0.15) is 0 Å². The van der Waals surface area contributed by atoms with Gasteiger partial charge in [-0.1, -0.05) is 18.2 Å². The molecule has 1 N–H and O–H groups in total. The number of benzene rings is 1. The molecule has 0 aromatic heterocycles. The molecule has 0 unspecified atom stereocenters. The molecular weight excluding hydrogens is 122 g/mol. The standard InChI is InChI=1S/C9H12N/c1-8-5-3-4-6-9(8)7-10-2/h3-4,6,10H,7H2,1-2H3. The van der Waals surface area contributed by atoms with Gasteiger partial charge in [0.25, 0.3) is 0 Å². The fraction of sp³-hybridized carbons (Fsp3) is 0.333. The Balaban J connectivity index is 2.81. The summed E-state index contributed by atoms with van der Waals surface area (Å²) in [5.74, 6) is 0. The van der Waals surface area contributed by atoms with Crippen molar-refractivity contribution in [3.63, 3.8) is 0 Å². The Morgan fingerprint density at radius 2 is 2.40 bits per heavy atom. The van der Waals surface area contributed by atoms with E-state index < -0.39 is 0 Å². The van der Waals surface area contributed by atoms with Crippen molar-refractivity contribution >= 4 is 0 Å². The van der Waals surface area contributed by atoms with Crippen LogP contribution < -0.4 is 5.32 Å². The maximum atomic E-state index is 3.14. The highest BCUT2D eigenvalue weighted by Gasteiger charge is 1.92. The zero-order valence-corrected chi connectivity index (χ0v) is 6.44. The van der Waals surface area contributed by atoms with Gasteiger partial charge in [0, 0.05) is 6.54 Å². The van der Waals surface area contributed by atoms with Crippen LogP contribution in [0, 0.1) is 13.0 Å². The summed E-state index contributed by atoms with van der Waals surface area (Å²) in [5, 5.41) is 3.10. The van der Waals surface area contributed by atoms with E-state index >= 15 is 0 Å². The number of hydrogen-bond donors (Lipinski definition) is 1. The zero-order valence-electron chi connectivity index (χ0n) is 6.44. The van der Waals surface area contributed by atoms with Gasteiger partial charge in [-0.15, -0.1) is 0 Å². The SMILES string of the molecule is CNCc1ccc[c]c1C. The van der Waals surface area contributed by atoms with E-state index in [1.54, 1.807) is 0 Å². The van der Waals surface area contributed by atoms with Crippen molar-refractivity contribution in [3.8, 4) is 0 Å². The van der Waals surface area contributed by atoms with Crippen molar-refractivity contribution in [3.05, 3.63) is 35.4 Å². The van der Waals surface area contributed by atoms with Gasteiger partial charge in [-0.05, 0) is 31.2 Å².